The Morgan fingerprint density at radius 3 is 2.41 bits per heavy atom. The molecule has 176 valence electrons. The van der Waals surface area contributed by atoms with Gasteiger partial charge in [-0.25, -0.2) is 4.83 Å². The number of rotatable bonds is 10. The number of hydrazone groups is 1. The van der Waals surface area contributed by atoms with Gasteiger partial charge in [0.15, 0.2) is 0 Å². The van der Waals surface area contributed by atoms with E-state index in [1.54, 1.807) is 24.3 Å². The lowest BCUT2D eigenvalue weighted by Gasteiger charge is -2.41. The summed E-state index contributed by atoms with van der Waals surface area (Å²) in [7, 11) is -3.66. The molecule has 0 bridgehead atoms. The van der Waals surface area contributed by atoms with Gasteiger partial charge in [0.05, 0.1) is 8.97 Å². The molecular weight excluding hydrogens is 456 g/mol. The van der Waals surface area contributed by atoms with Gasteiger partial charge >= 0.3 is 0 Å². The van der Waals surface area contributed by atoms with Crippen molar-refractivity contribution in [3.05, 3.63) is 59.4 Å². The topological polar surface area (TPSA) is 58.5 Å². The van der Waals surface area contributed by atoms with Crippen molar-refractivity contribution in [2.24, 2.45) is 11.0 Å². The summed E-state index contributed by atoms with van der Waals surface area (Å²) in [5.41, 5.74) is 7.48. The molecule has 0 aliphatic carbocycles. The summed E-state index contributed by atoms with van der Waals surface area (Å²) in [6.07, 6.45) is 6.05. The zero-order valence-corrected chi connectivity index (χ0v) is 22.4. The summed E-state index contributed by atoms with van der Waals surface area (Å²) in [5.74, 6) is 2.68. The molecule has 1 unspecified atom stereocenters. The molecular formula is C25H36N2O2S3. The predicted molar refractivity (Wildman–Crippen MR) is 142 cm³/mol. The smallest absolute Gasteiger partial charge is 0.200 e. The fourth-order valence-corrected chi connectivity index (χ4v) is 7.83. The zero-order valence-electron chi connectivity index (χ0n) is 19.9. The first-order chi connectivity index (χ1) is 15.1. The summed E-state index contributed by atoms with van der Waals surface area (Å²) in [5, 5.41) is 4.15. The van der Waals surface area contributed by atoms with Crippen LogP contribution < -0.4 is 4.83 Å². The first kappa shape index (κ1) is 26.8. The van der Waals surface area contributed by atoms with Crippen LogP contribution in [0.15, 0.2) is 63.8 Å². The largest absolute Gasteiger partial charge is 0.276 e. The second-order valence-corrected chi connectivity index (χ2v) is 13.3. The zero-order chi connectivity index (χ0) is 23.8. The van der Waals surface area contributed by atoms with Gasteiger partial charge in [0, 0.05) is 11.6 Å². The molecule has 0 spiro atoms. The normalized spacial score (nSPS) is 17.2. The lowest BCUT2D eigenvalue weighted by atomic mass is 9.91. The van der Waals surface area contributed by atoms with E-state index < -0.39 is 10.0 Å². The number of benzene rings is 1. The maximum absolute atomic E-state index is 12.5. The molecule has 1 aromatic rings. The highest BCUT2D eigenvalue weighted by Crippen LogP contribution is 2.52. The molecule has 32 heavy (non-hydrogen) atoms. The summed E-state index contributed by atoms with van der Waals surface area (Å²) >= 11 is 4.12. The molecule has 1 fully saturated rings. The average molecular weight is 493 g/mol. The van der Waals surface area contributed by atoms with E-state index in [0.29, 0.717) is 12.3 Å². The minimum atomic E-state index is -3.66. The van der Waals surface area contributed by atoms with Crippen molar-refractivity contribution >= 4 is 39.3 Å². The van der Waals surface area contributed by atoms with Crippen molar-refractivity contribution in [2.45, 2.75) is 69.3 Å². The van der Waals surface area contributed by atoms with E-state index in [4.69, 9.17) is 0 Å². The maximum atomic E-state index is 12.5. The van der Waals surface area contributed by atoms with E-state index in [9.17, 15) is 8.42 Å². The fraction of sp³-hybridized carbons (Fsp3) is 0.520. The van der Waals surface area contributed by atoms with E-state index >= 15 is 0 Å². The minimum Gasteiger partial charge on any atom is -0.200 e. The Labute approximate surface area is 203 Å². The highest BCUT2D eigenvalue weighted by molar-refractivity contribution is 8.18. The van der Waals surface area contributed by atoms with Gasteiger partial charge in [0.25, 0.3) is 10.0 Å². The molecule has 1 aliphatic rings. The van der Waals surface area contributed by atoms with Crippen molar-refractivity contribution in [3.63, 3.8) is 0 Å². The molecule has 0 radical (unpaired) electrons. The van der Waals surface area contributed by atoms with Crippen LogP contribution in [-0.2, 0) is 10.0 Å². The molecule has 1 N–H and O–H groups in total. The molecule has 1 atom stereocenters. The maximum Gasteiger partial charge on any atom is 0.276 e. The Kier molecular flexibility index (Phi) is 10.2. The van der Waals surface area contributed by atoms with Gasteiger partial charge in [-0.3, -0.25) is 0 Å². The fourth-order valence-electron chi connectivity index (χ4n) is 3.48. The average Bonchev–Trinajstić information content (AvgIpc) is 2.77. The first-order valence-corrected chi connectivity index (χ1v) is 14.5. The van der Waals surface area contributed by atoms with Crippen molar-refractivity contribution in [3.8, 4) is 0 Å². The Morgan fingerprint density at radius 2 is 1.84 bits per heavy atom. The van der Waals surface area contributed by atoms with Crippen LogP contribution in [0.1, 0.15) is 58.9 Å². The minimum absolute atomic E-state index is 0.105. The summed E-state index contributed by atoms with van der Waals surface area (Å²) in [6.45, 7) is 14.3. The van der Waals surface area contributed by atoms with Gasteiger partial charge in [-0.05, 0) is 82.6 Å². The molecule has 1 heterocycles. The number of nitrogens with one attached hydrogen (secondary N) is 1. The SMILES string of the molecule is C=C=C(CC/C(C)=N/NS(=O)(=O)c1ccc(C)cc1)C(C)C1(CC=C(C)C)SCCCS1. The van der Waals surface area contributed by atoms with Gasteiger partial charge in [0.2, 0.25) is 0 Å². The number of hydrogen-bond acceptors (Lipinski definition) is 5. The van der Waals surface area contributed by atoms with Crippen LogP contribution in [0.4, 0.5) is 0 Å². The van der Waals surface area contributed by atoms with E-state index in [1.165, 1.54) is 29.1 Å². The number of thioether (sulfide) groups is 2. The van der Waals surface area contributed by atoms with Crippen molar-refractivity contribution in [2.75, 3.05) is 11.5 Å². The molecule has 0 aromatic heterocycles. The molecule has 0 saturated carbocycles. The van der Waals surface area contributed by atoms with E-state index in [2.05, 4.69) is 72.6 Å². The molecule has 2 rings (SSSR count). The lowest BCUT2D eigenvalue weighted by Crippen LogP contribution is -2.33. The van der Waals surface area contributed by atoms with Crippen LogP contribution >= 0.6 is 23.5 Å². The lowest BCUT2D eigenvalue weighted by molar-refractivity contribution is 0.574. The van der Waals surface area contributed by atoms with Crippen LogP contribution in [0.2, 0.25) is 0 Å². The van der Waals surface area contributed by atoms with Gasteiger partial charge < -0.3 is 0 Å². The Hall–Kier alpha value is -1.40. The third kappa shape index (κ3) is 7.58. The Morgan fingerprint density at radius 1 is 1.22 bits per heavy atom. The van der Waals surface area contributed by atoms with Gasteiger partial charge in [0.1, 0.15) is 0 Å². The highest BCUT2D eigenvalue weighted by atomic mass is 32.2. The van der Waals surface area contributed by atoms with E-state index in [1.807, 2.05) is 13.8 Å². The van der Waals surface area contributed by atoms with Gasteiger partial charge in [-0.15, -0.1) is 29.3 Å². The quantitative estimate of drug-likeness (QED) is 0.171. The Bertz CT molecular complexity index is 979. The monoisotopic (exact) mass is 492 g/mol. The third-order valence-electron chi connectivity index (χ3n) is 5.63. The number of sulfonamides is 1. The van der Waals surface area contributed by atoms with E-state index in [-0.39, 0.29) is 8.97 Å². The number of allylic oxidation sites excluding steroid dienone is 3. The van der Waals surface area contributed by atoms with Gasteiger partial charge in [-0.2, -0.15) is 13.5 Å². The summed E-state index contributed by atoms with van der Waals surface area (Å²) in [4.78, 5) is 2.58. The molecule has 1 saturated heterocycles. The first-order valence-electron chi connectivity index (χ1n) is 11.0. The van der Waals surface area contributed by atoms with Crippen LogP contribution in [0.3, 0.4) is 0 Å². The third-order valence-corrected chi connectivity index (χ3v) is 10.6. The predicted octanol–water partition coefficient (Wildman–Crippen LogP) is 6.70. The van der Waals surface area contributed by atoms with Crippen LogP contribution in [0, 0.1) is 12.8 Å². The number of hydrogen-bond donors (Lipinski definition) is 1. The van der Waals surface area contributed by atoms with Crippen LogP contribution in [-0.4, -0.2) is 29.7 Å². The van der Waals surface area contributed by atoms with Crippen molar-refractivity contribution in [1.29, 1.82) is 0 Å². The second-order valence-electron chi connectivity index (χ2n) is 8.53. The van der Waals surface area contributed by atoms with Gasteiger partial charge in [-0.1, -0.05) is 42.8 Å². The standard InChI is InChI=1S/C25H36N2O2S3/c1-7-23(22(6)25(16-15-19(2)3)30-17-8-18-31-25)12-11-21(5)26-27-32(28,29)24-13-9-20(4)10-14-24/h9-10,13-15,22,27H,1,8,11-12,16-18H2,2-6H3/b26-21+. The molecule has 7 heteroatoms. The molecule has 1 aromatic carbocycles. The number of aryl methyl sites for hydroxylation is 1. The van der Waals surface area contributed by atoms with E-state index in [0.717, 1.165) is 24.1 Å². The summed E-state index contributed by atoms with van der Waals surface area (Å²) in [6, 6.07) is 6.74. The highest BCUT2D eigenvalue weighted by Gasteiger charge is 2.39. The molecule has 4 nitrogen and oxygen atoms in total. The Balaban J connectivity index is 2.05. The molecule has 0 amide bonds. The second kappa shape index (κ2) is 12.2. The van der Waals surface area contributed by atoms with Crippen LogP contribution in [0.25, 0.3) is 0 Å². The van der Waals surface area contributed by atoms with Crippen molar-refractivity contribution in [1.82, 2.24) is 4.83 Å². The number of nitrogens with zero attached hydrogens (tertiary/aromatic N) is 1. The molecule has 1 aliphatic heterocycles. The van der Waals surface area contributed by atoms with Crippen LogP contribution in [0.5, 0.6) is 0 Å². The summed E-state index contributed by atoms with van der Waals surface area (Å²) < 4.78 is 25.0. The van der Waals surface area contributed by atoms with Crippen molar-refractivity contribution < 1.29 is 8.42 Å².